The van der Waals surface area contributed by atoms with Gasteiger partial charge in [0.15, 0.2) is 0 Å². The number of halogens is 2. The molecule has 1 amide bonds. The Morgan fingerprint density at radius 1 is 1.27 bits per heavy atom. The van der Waals surface area contributed by atoms with Crippen molar-refractivity contribution >= 4 is 28.9 Å². The van der Waals surface area contributed by atoms with E-state index in [1.54, 1.807) is 31.5 Å². The van der Waals surface area contributed by atoms with E-state index in [0.29, 0.717) is 33.4 Å². The van der Waals surface area contributed by atoms with Crippen LogP contribution in [0.15, 0.2) is 24.4 Å². The van der Waals surface area contributed by atoms with Gasteiger partial charge in [-0.05, 0) is 32.9 Å². The first kappa shape index (κ1) is 21.4. The lowest BCUT2D eigenvalue weighted by Gasteiger charge is -2.09. The van der Waals surface area contributed by atoms with Crippen LogP contribution < -0.4 is 5.32 Å². The van der Waals surface area contributed by atoms with Crippen LogP contribution in [0, 0.1) is 36.7 Å². The molecular weight excluding hydrogens is 415 g/mol. The quantitative estimate of drug-likeness (QED) is 0.449. The number of carbonyl (C=O) groups is 1. The molecule has 1 N–H and O–H groups in total. The second kappa shape index (κ2) is 8.62. The number of hydrogen-bond donors (Lipinski definition) is 1. The number of amides is 1. The molecule has 0 bridgehead atoms. The van der Waals surface area contributed by atoms with Gasteiger partial charge in [0.25, 0.3) is 0 Å². The molecule has 0 spiro atoms. The maximum absolute atomic E-state index is 14.1. The van der Waals surface area contributed by atoms with Gasteiger partial charge in [-0.1, -0.05) is 17.7 Å². The van der Waals surface area contributed by atoms with E-state index in [9.17, 15) is 19.3 Å². The summed E-state index contributed by atoms with van der Waals surface area (Å²) in [6.45, 7) is 5.41. The van der Waals surface area contributed by atoms with Crippen molar-refractivity contribution in [2.75, 3.05) is 5.32 Å². The van der Waals surface area contributed by atoms with Crippen molar-refractivity contribution in [3.63, 3.8) is 0 Å². The fraction of sp³-hybridized carbons (Fsp3) is 0.316. The first-order chi connectivity index (χ1) is 14.2. The van der Waals surface area contributed by atoms with Crippen LogP contribution in [0.1, 0.15) is 29.1 Å². The summed E-state index contributed by atoms with van der Waals surface area (Å²) in [4.78, 5) is 22.8. The molecule has 1 aromatic carbocycles. The maximum Gasteiger partial charge on any atom is 0.309 e. The summed E-state index contributed by atoms with van der Waals surface area (Å²) in [6, 6.07) is 4.47. The first-order valence-corrected chi connectivity index (χ1v) is 9.50. The second-order valence-electron chi connectivity index (χ2n) is 6.80. The van der Waals surface area contributed by atoms with Gasteiger partial charge in [-0.3, -0.25) is 24.3 Å². The smallest absolute Gasteiger partial charge is 0.309 e. The van der Waals surface area contributed by atoms with Crippen LogP contribution >= 0.6 is 11.6 Å². The molecule has 9 nitrogen and oxygen atoms in total. The highest BCUT2D eigenvalue weighted by atomic mass is 35.5. The highest BCUT2D eigenvalue weighted by Gasteiger charge is 2.19. The Hall–Kier alpha value is -3.27. The molecule has 11 heteroatoms. The van der Waals surface area contributed by atoms with E-state index in [4.69, 9.17) is 11.6 Å². The van der Waals surface area contributed by atoms with Crippen LogP contribution in [0.2, 0.25) is 5.02 Å². The van der Waals surface area contributed by atoms with E-state index in [0.717, 1.165) is 0 Å². The van der Waals surface area contributed by atoms with Crippen LogP contribution in [0.3, 0.4) is 0 Å². The number of benzene rings is 1. The Balaban J connectivity index is 1.70. The molecule has 0 atom stereocenters. The Morgan fingerprint density at radius 2 is 2.00 bits per heavy atom. The van der Waals surface area contributed by atoms with Gasteiger partial charge in [-0.15, -0.1) is 0 Å². The van der Waals surface area contributed by atoms with Gasteiger partial charge in [0.2, 0.25) is 5.91 Å². The standard InChI is InChI=1S/C19H20ClFN6O3/c1-11-19(13(3)26(24-11)10-14-15(20)5-4-6-16(14)21)23-18(28)7-8-25-12(2)17(9-22-25)27(29)30/h4-6,9H,7-8,10H2,1-3H3,(H,23,28). The molecule has 2 heterocycles. The lowest BCUT2D eigenvalue weighted by Crippen LogP contribution is -2.16. The van der Waals surface area contributed by atoms with E-state index in [2.05, 4.69) is 15.5 Å². The van der Waals surface area contributed by atoms with Crippen LogP contribution in [0.4, 0.5) is 15.8 Å². The lowest BCUT2D eigenvalue weighted by atomic mass is 10.2. The molecule has 3 aromatic rings. The zero-order valence-electron chi connectivity index (χ0n) is 16.6. The van der Waals surface area contributed by atoms with Crippen LogP contribution in [-0.4, -0.2) is 30.4 Å². The van der Waals surface area contributed by atoms with Crippen molar-refractivity contribution in [1.29, 1.82) is 0 Å². The number of hydrogen-bond acceptors (Lipinski definition) is 5. The summed E-state index contributed by atoms with van der Waals surface area (Å²) in [5, 5.41) is 22.3. The second-order valence-corrected chi connectivity index (χ2v) is 7.20. The summed E-state index contributed by atoms with van der Waals surface area (Å²) in [7, 11) is 0. The van der Waals surface area contributed by atoms with Gasteiger partial charge in [0.1, 0.15) is 17.7 Å². The molecule has 30 heavy (non-hydrogen) atoms. The molecule has 0 radical (unpaired) electrons. The van der Waals surface area contributed by atoms with Gasteiger partial charge >= 0.3 is 5.69 Å². The lowest BCUT2D eigenvalue weighted by molar-refractivity contribution is -0.385. The zero-order chi connectivity index (χ0) is 22.0. The van der Waals surface area contributed by atoms with Gasteiger partial charge in [0, 0.05) is 17.0 Å². The van der Waals surface area contributed by atoms with Gasteiger partial charge < -0.3 is 5.32 Å². The van der Waals surface area contributed by atoms with E-state index in [1.807, 2.05) is 0 Å². The first-order valence-electron chi connectivity index (χ1n) is 9.12. The summed E-state index contributed by atoms with van der Waals surface area (Å²) in [6.07, 6.45) is 1.24. The van der Waals surface area contributed by atoms with E-state index < -0.39 is 10.7 Å². The van der Waals surface area contributed by atoms with Gasteiger partial charge in [0.05, 0.1) is 35.1 Å². The number of aromatic nitrogens is 4. The molecule has 3 rings (SSSR count). The molecule has 0 aliphatic rings. The van der Waals surface area contributed by atoms with Crippen LogP contribution in [-0.2, 0) is 17.9 Å². The molecule has 0 aliphatic heterocycles. The minimum atomic E-state index is -0.512. The Labute approximate surface area is 176 Å². The third kappa shape index (κ3) is 4.33. The molecule has 0 fully saturated rings. The SMILES string of the molecule is Cc1nn(Cc2c(F)cccc2Cl)c(C)c1NC(=O)CCn1ncc([N+](=O)[O-])c1C. The third-order valence-corrected chi connectivity index (χ3v) is 5.19. The van der Waals surface area contributed by atoms with Crippen LogP contribution in [0.25, 0.3) is 0 Å². The van der Waals surface area contributed by atoms with Crippen LogP contribution in [0.5, 0.6) is 0 Å². The van der Waals surface area contributed by atoms with Gasteiger partial charge in [-0.2, -0.15) is 10.2 Å². The third-order valence-electron chi connectivity index (χ3n) is 4.84. The Kier molecular flexibility index (Phi) is 6.16. The van der Waals surface area contributed by atoms with Crippen molar-refractivity contribution in [2.24, 2.45) is 0 Å². The average Bonchev–Trinajstić information content (AvgIpc) is 3.17. The maximum atomic E-state index is 14.1. The fourth-order valence-corrected chi connectivity index (χ4v) is 3.34. The van der Waals surface area contributed by atoms with E-state index in [-0.39, 0.29) is 31.1 Å². The average molecular weight is 435 g/mol. The largest absolute Gasteiger partial charge is 0.323 e. The summed E-state index contributed by atoms with van der Waals surface area (Å²) in [5.74, 6) is -0.716. The van der Waals surface area contributed by atoms with Crippen molar-refractivity contribution in [3.8, 4) is 0 Å². The summed E-state index contributed by atoms with van der Waals surface area (Å²) in [5.41, 5.74) is 2.39. The predicted molar refractivity (Wildman–Crippen MR) is 109 cm³/mol. The fourth-order valence-electron chi connectivity index (χ4n) is 3.12. The molecule has 0 unspecified atom stereocenters. The minimum absolute atomic E-state index is 0.0723. The topological polar surface area (TPSA) is 108 Å². The van der Waals surface area contributed by atoms with E-state index in [1.165, 1.54) is 23.0 Å². The molecule has 0 saturated heterocycles. The Bertz CT molecular complexity index is 1100. The zero-order valence-corrected chi connectivity index (χ0v) is 17.4. The molecule has 2 aromatic heterocycles. The number of rotatable bonds is 7. The van der Waals surface area contributed by atoms with Crippen molar-refractivity contribution in [1.82, 2.24) is 19.6 Å². The minimum Gasteiger partial charge on any atom is -0.323 e. The molecule has 158 valence electrons. The van der Waals surface area contributed by atoms with Crippen molar-refractivity contribution in [3.05, 3.63) is 68.0 Å². The Morgan fingerprint density at radius 3 is 2.63 bits per heavy atom. The number of aryl methyl sites for hydroxylation is 2. The number of carbonyl (C=O) groups excluding carboxylic acids is 1. The molecular formula is C19H20ClFN6O3. The summed E-state index contributed by atoms with van der Waals surface area (Å²) < 4.78 is 17.1. The number of nitrogens with one attached hydrogen (secondary N) is 1. The van der Waals surface area contributed by atoms with Gasteiger partial charge in [-0.25, -0.2) is 4.39 Å². The predicted octanol–water partition coefficient (Wildman–Crippen LogP) is 3.78. The summed E-state index contributed by atoms with van der Waals surface area (Å²) >= 11 is 6.09. The number of anilines is 1. The highest BCUT2D eigenvalue weighted by Crippen LogP contribution is 2.24. The van der Waals surface area contributed by atoms with E-state index >= 15 is 0 Å². The molecule has 0 saturated carbocycles. The highest BCUT2D eigenvalue weighted by molar-refractivity contribution is 6.31. The molecule has 0 aliphatic carbocycles. The van der Waals surface area contributed by atoms with Crippen molar-refractivity contribution in [2.45, 2.75) is 40.3 Å². The number of nitro groups is 1. The number of nitrogens with zero attached hydrogens (tertiary/aromatic N) is 5. The van der Waals surface area contributed by atoms with Crippen molar-refractivity contribution < 1.29 is 14.1 Å². The monoisotopic (exact) mass is 434 g/mol. The normalized spacial score (nSPS) is 11.0.